The molecule has 2 aromatic rings. The first-order valence-electron chi connectivity index (χ1n) is 11.6. The molecule has 0 aliphatic carbocycles. The standard InChI is InChI=1S/C23H32N2O7S/c1-21(2)18(26)6-7-22(3,32-21)19-13-23(14-30-19)8-10-25(11-9-23)33(28,29)15-4-5-17-16(12-15)24-20(27)31-17/h4-5,12,18-19,26H,6-11,13-14H2,1-3H3,(H,24,27)/t18-,19+,22+/m0/s1. The maximum absolute atomic E-state index is 13.2. The summed E-state index contributed by atoms with van der Waals surface area (Å²) in [6.07, 6.45) is 3.10. The summed E-state index contributed by atoms with van der Waals surface area (Å²) in [5.41, 5.74) is -0.450. The molecule has 3 aliphatic heterocycles. The third-order valence-corrected chi connectivity index (χ3v) is 9.81. The van der Waals surface area contributed by atoms with E-state index in [9.17, 15) is 18.3 Å². The Morgan fingerprint density at radius 1 is 1.15 bits per heavy atom. The third-order valence-electron chi connectivity index (χ3n) is 7.91. The van der Waals surface area contributed by atoms with Gasteiger partial charge in [0.05, 0.1) is 40.4 Å². The number of fused-ring (bicyclic) bond motifs is 1. The monoisotopic (exact) mass is 480 g/mol. The van der Waals surface area contributed by atoms with Gasteiger partial charge in [-0.2, -0.15) is 4.31 Å². The van der Waals surface area contributed by atoms with E-state index in [1.807, 2.05) is 13.8 Å². The molecule has 33 heavy (non-hydrogen) atoms. The third kappa shape index (κ3) is 3.95. The first kappa shape index (κ1) is 23.0. The number of aliphatic hydroxyl groups excluding tert-OH is 1. The molecule has 3 fully saturated rings. The van der Waals surface area contributed by atoms with Crippen molar-refractivity contribution in [3.05, 3.63) is 28.7 Å². The highest BCUT2D eigenvalue weighted by molar-refractivity contribution is 7.89. The van der Waals surface area contributed by atoms with Gasteiger partial charge in [-0.1, -0.05) is 0 Å². The van der Waals surface area contributed by atoms with Crippen LogP contribution in [0.2, 0.25) is 0 Å². The van der Waals surface area contributed by atoms with Crippen molar-refractivity contribution < 1.29 is 27.4 Å². The fourth-order valence-corrected chi connectivity index (χ4v) is 7.16. The van der Waals surface area contributed by atoms with Crippen molar-refractivity contribution in [2.75, 3.05) is 19.7 Å². The fourth-order valence-electron chi connectivity index (χ4n) is 5.69. The van der Waals surface area contributed by atoms with E-state index in [2.05, 4.69) is 11.9 Å². The molecule has 1 aromatic carbocycles. The van der Waals surface area contributed by atoms with E-state index in [1.54, 1.807) is 0 Å². The lowest BCUT2D eigenvalue weighted by atomic mass is 9.73. The predicted molar refractivity (Wildman–Crippen MR) is 120 cm³/mol. The summed E-state index contributed by atoms with van der Waals surface area (Å²) in [6.45, 7) is 7.33. The van der Waals surface area contributed by atoms with Gasteiger partial charge in [0, 0.05) is 13.1 Å². The Balaban J connectivity index is 1.27. The zero-order chi connectivity index (χ0) is 23.6. The van der Waals surface area contributed by atoms with Crippen molar-refractivity contribution in [1.29, 1.82) is 0 Å². The summed E-state index contributed by atoms with van der Waals surface area (Å²) in [5.74, 6) is -0.608. The van der Waals surface area contributed by atoms with Crippen LogP contribution in [0.1, 0.15) is 52.9 Å². The number of hydrogen-bond acceptors (Lipinski definition) is 7. The molecule has 5 rings (SSSR count). The highest BCUT2D eigenvalue weighted by Gasteiger charge is 2.54. The zero-order valence-electron chi connectivity index (χ0n) is 19.3. The van der Waals surface area contributed by atoms with Crippen LogP contribution in [0.25, 0.3) is 11.1 Å². The van der Waals surface area contributed by atoms with E-state index in [-0.39, 0.29) is 16.4 Å². The van der Waals surface area contributed by atoms with Crippen LogP contribution in [-0.4, -0.2) is 65.9 Å². The van der Waals surface area contributed by atoms with Gasteiger partial charge in [-0.3, -0.25) is 4.98 Å². The van der Waals surface area contributed by atoms with Gasteiger partial charge in [-0.15, -0.1) is 0 Å². The summed E-state index contributed by atoms with van der Waals surface area (Å²) in [5, 5.41) is 10.3. The Morgan fingerprint density at radius 2 is 1.88 bits per heavy atom. The van der Waals surface area contributed by atoms with Crippen LogP contribution in [-0.2, 0) is 19.5 Å². The second-order valence-electron chi connectivity index (χ2n) is 10.7. The average Bonchev–Trinajstić information content (AvgIpc) is 3.34. The minimum Gasteiger partial charge on any atom is -0.408 e. The van der Waals surface area contributed by atoms with Crippen molar-refractivity contribution in [2.45, 2.75) is 81.2 Å². The predicted octanol–water partition coefficient (Wildman–Crippen LogP) is 2.39. The van der Waals surface area contributed by atoms with E-state index in [1.165, 1.54) is 22.5 Å². The minimum atomic E-state index is -3.68. The van der Waals surface area contributed by atoms with Gasteiger partial charge in [0.25, 0.3) is 0 Å². The quantitative estimate of drug-likeness (QED) is 0.692. The number of aromatic amines is 1. The van der Waals surface area contributed by atoms with E-state index >= 15 is 0 Å². The molecule has 2 N–H and O–H groups in total. The number of nitrogens with zero attached hydrogens (tertiary/aromatic N) is 1. The molecule has 182 valence electrons. The number of aliphatic hydroxyl groups is 1. The molecule has 1 spiro atoms. The lowest BCUT2D eigenvalue weighted by Gasteiger charge is -2.48. The number of sulfonamides is 1. The Bertz CT molecular complexity index is 1210. The summed E-state index contributed by atoms with van der Waals surface area (Å²) in [7, 11) is -3.68. The smallest absolute Gasteiger partial charge is 0.408 e. The van der Waals surface area contributed by atoms with Gasteiger partial charge in [-0.25, -0.2) is 13.2 Å². The first-order chi connectivity index (χ1) is 15.4. The Labute approximate surface area is 193 Å². The van der Waals surface area contributed by atoms with Crippen molar-refractivity contribution in [1.82, 2.24) is 9.29 Å². The topological polar surface area (TPSA) is 122 Å². The van der Waals surface area contributed by atoms with Crippen molar-refractivity contribution in [2.24, 2.45) is 5.41 Å². The van der Waals surface area contributed by atoms with E-state index in [0.717, 1.165) is 25.7 Å². The van der Waals surface area contributed by atoms with Crippen LogP contribution in [0.3, 0.4) is 0 Å². The summed E-state index contributed by atoms with van der Waals surface area (Å²) in [6, 6.07) is 4.43. The van der Waals surface area contributed by atoms with Crippen LogP contribution >= 0.6 is 0 Å². The van der Waals surface area contributed by atoms with E-state index in [4.69, 9.17) is 13.9 Å². The Kier molecular flexibility index (Phi) is 5.34. The molecule has 9 nitrogen and oxygen atoms in total. The molecular weight excluding hydrogens is 448 g/mol. The maximum Gasteiger partial charge on any atom is 0.417 e. The number of piperidine rings is 1. The second-order valence-corrected chi connectivity index (χ2v) is 12.6. The van der Waals surface area contributed by atoms with Gasteiger partial charge in [0.15, 0.2) is 5.58 Å². The van der Waals surface area contributed by atoms with Crippen molar-refractivity contribution >= 4 is 21.1 Å². The van der Waals surface area contributed by atoms with E-state index in [0.29, 0.717) is 37.2 Å². The summed E-state index contributed by atoms with van der Waals surface area (Å²) >= 11 is 0. The van der Waals surface area contributed by atoms with Crippen LogP contribution in [0.5, 0.6) is 0 Å². The van der Waals surface area contributed by atoms with Crippen LogP contribution in [0, 0.1) is 5.41 Å². The number of rotatable bonds is 3. The lowest BCUT2D eigenvalue weighted by molar-refractivity contribution is -0.245. The van der Waals surface area contributed by atoms with E-state index < -0.39 is 33.1 Å². The highest BCUT2D eigenvalue weighted by Crippen LogP contribution is 2.49. The zero-order valence-corrected chi connectivity index (χ0v) is 20.1. The van der Waals surface area contributed by atoms with Crippen LogP contribution in [0.4, 0.5) is 0 Å². The van der Waals surface area contributed by atoms with Crippen LogP contribution < -0.4 is 5.76 Å². The molecule has 0 unspecified atom stereocenters. The molecule has 3 saturated heterocycles. The Hall–Kier alpha value is -1.72. The first-order valence-corrected chi connectivity index (χ1v) is 13.0. The number of nitrogens with one attached hydrogen (secondary N) is 1. The molecule has 3 aliphatic rings. The second kappa shape index (κ2) is 7.64. The van der Waals surface area contributed by atoms with Gasteiger partial charge in [-0.05, 0) is 76.5 Å². The molecule has 10 heteroatoms. The maximum atomic E-state index is 13.2. The molecule has 3 atom stereocenters. The normalized spacial score (nSPS) is 32.5. The number of aromatic nitrogens is 1. The number of H-pyrrole nitrogens is 1. The molecule has 4 heterocycles. The molecule has 0 bridgehead atoms. The highest BCUT2D eigenvalue weighted by atomic mass is 32.2. The summed E-state index contributed by atoms with van der Waals surface area (Å²) < 4.78 is 45.6. The van der Waals surface area contributed by atoms with Crippen molar-refractivity contribution in [3.63, 3.8) is 0 Å². The largest absolute Gasteiger partial charge is 0.417 e. The number of oxazole rings is 1. The molecular formula is C23H32N2O7S. The number of hydrogen-bond donors (Lipinski definition) is 2. The average molecular weight is 481 g/mol. The lowest BCUT2D eigenvalue weighted by Crippen LogP contribution is -2.56. The van der Waals surface area contributed by atoms with Crippen molar-refractivity contribution in [3.8, 4) is 0 Å². The molecule has 0 saturated carbocycles. The number of benzene rings is 1. The minimum absolute atomic E-state index is 0.0665. The fraction of sp³-hybridized carbons (Fsp3) is 0.696. The number of ether oxygens (including phenoxy) is 2. The van der Waals surface area contributed by atoms with Gasteiger partial charge >= 0.3 is 5.76 Å². The van der Waals surface area contributed by atoms with Crippen LogP contribution in [0.15, 0.2) is 32.3 Å². The van der Waals surface area contributed by atoms with Gasteiger partial charge in [0.1, 0.15) is 0 Å². The SMILES string of the molecule is CC1(C)O[C@@](C)([C@H]2CC3(CCN(S(=O)(=O)c4ccc5oc(=O)[nH]c5c4)CC3)CO2)CC[C@@H]1O. The van der Waals surface area contributed by atoms with Gasteiger partial charge in [0.2, 0.25) is 10.0 Å². The molecule has 0 radical (unpaired) electrons. The Morgan fingerprint density at radius 3 is 2.58 bits per heavy atom. The summed E-state index contributed by atoms with van der Waals surface area (Å²) in [4.78, 5) is 14.1. The van der Waals surface area contributed by atoms with Gasteiger partial charge < -0.3 is 19.0 Å². The molecule has 1 aromatic heterocycles. The molecule has 0 amide bonds.